The van der Waals surface area contributed by atoms with Crippen LogP contribution in [0.15, 0.2) is 15.7 Å². The lowest BCUT2D eigenvalue weighted by Gasteiger charge is -2.18. The third-order valence-electron chi connectivity index (χ3n) is 2.24. The Labute approximate surface area is 90.2 Å². The van der Waals surface area contributed by atoms with Crippen molar-refractivity contribution in [1.29, 1.82) is 0 Å². The summed E-state index contributed by atoms with van der Waals surface area (Å²) in [4.78, 5) is 4.36. The summed E-state index contributed by atoms with van der Waals surface area (Å²) in [5, 5.41) is 15.3. The number of hydrogen-bond acceptors (Lipinski definition) is 4. The Morgan fingerprint density at radius 3 is 3.14 bits per heavy atom. The second kappa shape index (κ2) is 3.57. The Morgan fingerprint density at radius 2 is 2.43 bits per heavy atom. The van der Waals surface area contributed by atoms with Crippen molar-refractivity contribution >= 4 is 27.5 Å². The van der Waals surface area contributed by atoms with Gasteiger partial charge in [0.2, 0.25) is 0 Å². The van der Waals surface area contributed by atoms with Gasteiger partial charge < -0.3 is 10.5 Å². The summed E-state index contributed by atoms with van der Waals surface area (Å²) in [5.74, 6) is 0.796. The molecular weight excluding hydrogens is 246 g/mol. The van der Waals surface area contributed by atoms with Crippen LogP contribution in [0.25, 0.3) is 0 Å². The first-order valence-corrected chi connectivity index (χ1v) is 5.14. The third-order valence-corrected chi connectivity index (χ3v) is 3.04. The molecule has 0 fully saturated rings. The Morgan fingerprint density at radius 1 is 1.64 bits per heavy atom. The van der Waals surface area contributed by atoms with E-state index in [0.717, 1.165) is 34.5 Å². The van der Waals surface area contributed by atoms with Crippen LogP contribution in [0.1, 0.15) is 17.7 Å². The van der Waals surface area contributed by atoms with Crippen LogP contribution in [0.2, 0.25) is 0 Å². The largest absolute Gasteiger partial charge is 0.411 e. The monoisotopic (exact) mass is 255 g/mol. The zero-order valence-electron chi connectivity index (χ0n) is 7.71. The minimum absolute atomic E-state index is 0.687. The van der Waals surface area contributed by atoms with Crippen LogP contribution in [0, 0.1) is 6.92 Å². The molecule has 14 heavy (non-hydrogen) atoms. The first kappa shape index (κ1) is 9.45. The van der Waals surface area contributed by atoms with Crippen molar-refractivity contribution in [2.75, 3.05) is 11.9 Å². The molecule has 5 heteroatoms. The molecular formula is C9H10BrN3O. The van der Waals surface area contributed by atoms with Crippen molar-refractivity contribution in [2.45, 2.75) is 13.3 Å². The SMILES string of the molecule is Cc1nc2c(cc1Br)/C(=N/O)CCN2. The van der Waals surface area contributed by atoms with Crippen molar-refractivity contribution in [3.8, 4) is 0 Å². The van der Waals surface area contributed by atoms with Gasteiger partial charge in [-0.1, -0.05) is 5.16 Å². The van der Waals surface area contributed by atoms with Gasteiger partial charge in [-0.3, -0.25) is 0 Å². The minimum Gasteiger partial charge on any atom is -0.411 e. The third kappa shape index (κ3) is 1.48. The van der Waals surface area contributed by atoms with E-state index in [2.05, 4.69) is 31.4 Å². The Hall–Kier alpha value is -1.10. The lowest BCUT2D eigenvalue weighted by molar-refractivity contribution is 0.318. The Bertz CT molecular complexity index is 403. The van der Waals surface area contributed by atoms with Gasteiger partial charge in [0.05, 0.1) is 11.4 Å². The van der Waals surface area contributed by atoms with Crippen LogP contribution in [-0.2, 0) is 0 Å². The van der Waals surface area contributed by atoms with E-state index in [1.54, 1.807) is 0 Å². The highest BCUT2D eigenvalue weighted by Gasteiger charge is 2.18. The first-order valence-electron chi connectivity index (χ1n) is 4.34. The molecule has 0 saturated heterocycles. The van der Waals surface area contributed by atoms with Crippen molar-refractivity contribution in [3.63, 3.8) is 0 Å². The van der Waals surface area contributed by atoms with E-state index in [1.165, 1.54) is 0 Å². The fraction of sp³-hybridized carbons (Fsp3) is 0.333. The van der Waals surface area contributed by atoms with Gasteiger partial charge in [-0.15, -0.1) is 0 Å². The molecule has 1 aliphatic rings. The molecule has 2 rings (SSSR count). The molecule has 0 radical (unpaired) electrons. The first-order chi connectivity index (χ1) is 6.72. The molecule has 0 saturated carbocycles. The fourth-order valence-electron chi connectivity index (χ4n) is 1.47. The van der Waals surface area contributed by atoms with E-state index in [4.69, 9.17) is 5.21 Å². The van der Waals surface area contributed by atoms with Crippen LogP contribution in [0.3, 0.4) is 0 Å². The van der Waals surface area contributed by atoms with Gasteiger partial charge in [0.1, 0.15) is 5.82 Å². The normalized spacial score (nSPS) is 17.7. The van der Waals surface area contributed by atoms with Gasteiger partial charge in [0.25, 0.3) is 0 Å². The van der Waals surface area contributed by atoms with Crippen molar-refractivity contribution in [1.82, 2.24) is 4.98 Å². The molecule has 0 aromatic carbocycles. The zero-order valence-corrected chi connectivity index (χ0v) is 9.30. The number of nitrogens with zero attached hydrogens (tertiary/aromatic N) is 2. The van der Waals surface area contributed by atoms with Gasteiger partial charge in [0, 0.05) is 23.0 Å². The molecule has 1 aromatic rings. The number of aromatic nitrogens is 1. The number of nitrogens with one attached hydrogen (secondary N) is 1. The molecule has 2 heterocycles. The molecule has 0 aliphatic carbocycles. The van der Waals surface area contributed by atoms with Gasteiger partial charge in [-0.05, 0) is 28.9 Å². The Balaban J connectivity index is 2.58. The zero-order chi connectivity index (χ0) is 10.1. The molecule has 1 aromatic heterocycles. The summed E-state index contributed by atoms with van der Waals surface area (Å²) >= 11 is 3.40. The number of anilines is 1. The minimum atomic E-state index is 0.687. The quantitative estimate of drug-likeness (QED) is 0.552. The summed E-state index contributed by atoms with van der Waals surface area (Å²) in [6.07, 6.45) is 0.723. The smallest absolute Gasteiger partial charge is 0.135 e. The van der Waals surface area contributed by atoms with E-state index < -0.39 is 0 Å². The molecule has 2 N–H and O–H groups in total. The van der Waals surface area contributed by atoms with Crippen LogP contribution in [0.5, 0.6) is 0 Å². The summed E-state index contributed by atoms with van der Waals surface area (Å²) in [5.41, 5.74) is 2.48. The predicted octanol–water partition coefficient (Wildman–Crippen LogP) is 2.15. The van der Waals surface area contributed by atoms with E-state index in [9.17, 15) is 0 Å². The van der Waals surface area contributed by atoms with Gasteiger partial charge >= 0.3 is 0 Å². The maximum atomic E-state index is 8.82. The van der Waals surface area contributed by atoms with Crippen LogP contribution < -0.4 is 5.32 Å². The van der Waals surface area contributed by atoms with Crippen LogP contribution in [0.4, 0.5) is 5.82 Å². The van der Waals surface area contributed by atoms with E-state index >= 15 is 0 Å². The average molecular weight is 256 g/mol. The maximum absolute atomic E-state index is 8.82. The number of rotatable bonds is 0. The topological polar surface area (TPSA) is 57.5 Å². The average Bonchev–Trinajstić information content (AvgIpc) is 2.19. The second-order valence-corrected chi connectivity index (χ2v) is 4.03. The van der Waals surface area contributed by atoms with Crippen molar-refractivity contribution < 1.29 is 5.21 Å². The highest BCUT2D eigenvalue weighted by atomic mass is 79.9. The van der Waals surface area contributed by atoms with E-state index in [-0.39, 0.29) is 0 Å². The van der Waals surface area contributed by atoms with Crippen LogP contribution >= 0.6 is 15.9 Å². The second-order valence-electron chi connectivity index (χ2n) is 3.18. The summed E-state index contributed by atoms with van der Waals surface area (Å²) in [6, 6.07) is 1.93. The van der Waals surface area contributed by atoms with E-state index in [1.807, 2.05) is 13.0 Å². The summed E-state index contributed by atoms with van der Waals surface area (Å²) in [6.45, 7) is 2.69. The van der Waals surface area contributed by atoms with Gasteiger partial charge in [0.15, 0.2) is 0 Å². The highest BCUT2D eigenvalue weighted by molar-refractivity contribution is 9.10. The van der Waals surface area contributed by atoms with Gasteiger partial charge in [-0.25, -0.2) is 4.98 Å². The Kier molecular flexibility index (Phi) is 2.41. The van der Waals surface area contributed by atoms with Crippen molar-refractivity contribution in [2.24, 2.45) is 5.16 Å². The van der Waals surface area contributed by atoms with Gasteiger partial charge in [-0.2, -0.15) is 0 Å². The molecule has 0 amide bonds. The number of fused-ring (bicyclic) bond motifs is 1. The van der Waals surface area contributed by atoms with E-state index in [0.29, 0.717) is 5.71 Å². The lowest BCUT2D eigenvalue weighted by atomic mass is 10.0. The number of halogens is 1. The summed E-state index contributed by atoms with van der Waals surface area (Å²) in [7, 11) is 0. The number of aryl methyl sites for hydroxylation is 1. The highest BCUT2D eigenvalue weighted by Crippen LogP contribution is 2.25. The predicted molar refractivity (Wildman–Crippen MR) is 58.1 cm³/mol. The fourth-order valence-corrected chi connectivity index (χ4v) is 1.79. The molecule has 0 unspecified atom stereocenters. The summed E-state index contributed by atoms with van der Waals surface area (Å²) < 4.78 is 0.932. The molecule has 1 aliphatic heterocycles. The number of pyridine rings is 1. The maximum Gasteiger partial charge on any atom is 0.135 e. The molecule has 0 atom stereocenters. The van der Waals surface area contributed by atoms with Crippen LogP contribution in [-0.4, -0.2) is 22.4 Å². The molecule has 74 valence electrons. The number of oxime groups is 1. The number of hydrogen-bond donors (Lipinski definition) is 2. The standard InChI is InChI=1S/C9H10BrN3O/c1-5-7(10)4-6-8(13-14)2-3-11-9(6)12-5/h4,14H,2-3H2,1H3,(H,11,12)/b13-8+. The molecule has 0 spiro atoms. The lowest BCUT2D eigenvalue weighted by Crippen LogP contribution is -2.20. The molecule has 4 nitrogen and oxygen atoms in total. The van der Waals surface area contributed by atoms with Crippen molar-refractivity contribution in [3.05, 3.63) is 21.8 Å². The molecule has 0 bridgehead atoms.